The summed E-state index contributed by atoms with van der Waals surface area (Å²) in [5.41, 5.74) is 4.16. The Labute approximate surface area is 212 Å². The van der Waals surface area contributed by atoms with E-state index < -0.39 is 6.55 Å². The molecule has 2 aromatic carbocycles. The highest BCUT2D eigenvalue weighted by Crippen LogP contribution is 2.18. The highest BCUT2D eigenvalue weighted by atomic mass is 19.3. The summed E-state index contributed by atoms with van der Waals surface area (Å²) in [6, 6.07) is 14.0. The van der Waals surface area contributed by atoms with Gasteiger partial charge >= 0.3 is 6.55 Å². The van der Waals surface area contributed by atoms with Crippen LogP contribution < -0.4 is 10.6 Å². The number of carbonyl (C=O) groups is 1. The zero-order valence-corrected chi connectivity index (χ0v) is 21.6. The molecule has 0 heterocycles. The molecule has 2 aromatic rings. The van der Waals surface area contributed by atoms with Gasteiger partial charge in [-0.3, -0.25) is 9.79 Å². The predicted octanol–water partition coefficient (Wildman–Crippen LogP) is 7.06. The van der Waals surface area contributed by atoms with Crippen molar-refractivity contribution in [1.29, 1.82) is 0 Å². The fourth-order valence-electron chi connectivity index (χ4n) is 3.20. The number of benzene rings is 2. The topological polar surface area (TPSA) is 69.1 Å². The molecule has 0 bridgehead atoms. The predicted molar refractivity (Wildman–Crippen MR) is 147 cm³/mol. The number of nitrogens with zero attached hydrogens (tertiary/aromatic N) is 3. The van der Waals surface area contributed by atoms with E-state index in [-0.39, 0.29) is 5.91 Å². The average molecular weight is 496 g/mol. The van der Waals surface area contributed by atoms with E-state index in [1.165, 1.54) is 0 Å². The summed E-state index contributed by atoms with van der Waals surface area (Å²) in [5, 5.41) is 5.34. The number of rotatable bonds is 11. The van der Waals surface area contributed by atoms with E-state index in [4.69, 9.17) is 0 Å². The Morgan fingerprint density at radius 2 is 1.61 bits per heavy atom. The summed E-state index contributed by atoms with van der Waals surface area (Å²) in [7, 11) is 1.82. The number of carbonyl (C=O) groups excluding carboxylic acids is 1. The molecule has 2 N–H and O–H groups in total. The Hall–Kier alpha value is -3.81. The minimum Gasteiger partial charge on any atom is -0.342 e. The van der Waals surface area contributed by atoms with Gasteiger partial charge in [0.15, 0.2) is 5.84 Å². The van der Waals surface area contributed by atoms with Crippen LogP contribution in [0.4, 0.5) is 20.2 Å². The molecule has 1 amide bonds. The van der Waals surface area contributed by atoms with Crippen molar-refractivity contribution < 1.29 is 13.6 Å². The molecule has 0 aromatic heterocycles. The summed E-state index contributed by atoms with van der Waals surface area (Å²) in [6.07, 6.45) is 7.22. The number of anilines is 2. The lowest BCUT2D eigenvalue weighted by molar-refractivity contribution is 0.0793. The van der Waals surface area contributed by atoms with Gasteiger partial charge in [-0.05, 0) is 74.7 Å². The third-order valence-electron chi connectivity index (χ3n) is 5.35. The van der Waals surface area contributed by atoms with Crippen LogP contribution in [0, 0.1) is 0 Å². The highest BCUT2D eigenvalue weighted by molar-refractivity contribution is 6.45. The second kappa shape index (κ2) is 14.6. The maximum atomic E-state index is 12.6. The van der Waals surface area contributed by atoms with Gasteiger partial charge in [0.25, 0.3) is 5.91 Å². The van der Waals surface area contributed by atoms with Crippen LogP contribution in [0.1, 0.15) is 56.5 Å². The van der Waals surface area contributed by atoms with Gasteiger partial charge in [0.05, 0.1) is 5.71 Å². The number of nitrogens with one attached hydrogen (secondary N) is 2. The van der Waals surface area contributed by atoms with Crippen molar-refractivity contribution in [1.82, 2.24) is 4.90 Å². The summed E-state index contributed by atoms with van der Waals surface area (Å²) in [4.78, 5) is 23.3. The SMILES string of the molecule is C\C=C/N=C(Nc1ccc(C(=O)N(C)CCCC)cc1)\C(C)=N\C=C(/C)c1ccc(NC(F)F)cc1. The van der Waals surface area contributed by atoms with Crippen molar-refractivity contribution in [3.05, 3.63) is 78.1 Å². The molecular formula is C28H35F2N5O. The maximum Gasteiger partial charge on any atom is 0.312 e. The molecule has 0 aliphatic rings. The summed E-state index contributed by atoms with van der Waals surface area (Å²) < 4.78 is 24.9. The molecule has 0 unspecified atom stereocenters. The summed E-state index contributed by atoms with van der Waals surface area (Å²) in [5.74, 6) is 0.557. The number of allylic oxidation sites excluding steroid dienone is 2. The largest absolute Gasteiger partial charge is 0.342 e. The van der Waals surface area contributed by atoms with Gasteiger partial charge in [-0.15, -0.1) is 0 Å². The number of amides is 1. The molecule has 0 atom stereocenters. The average Bonchev–Trinajstić information content (AvgIpc) is 2.88. The van der Waals surface area contributed by atoms with E-state index in [0.717, 1.165) is 36.2 Å². The lowest BCUT2D eigenvalue weighted by Crippen LogP contribution is -2.27. The van der Waals surface area contributed by atoms with Crippen LogP contribution in [0.25, 0.3) is 5.57 Å². The van der Waals surface area contributed by atoms with E-state index in [9.17, 15) is 13.6 Å². The van der Waals surface area contributed by atoms with Gasteiger partial charge in [-0.2, -0.15) is 8.78 Å². The Morgan fingerprint density at radius 3 is 2.19 bits per heavy atom. The second-order valence-corrected chi connectivity index (χ2v) is 8.29. The second-order valence-electron chi connectivity index (χ2n) is 8.29. The molecular weight excluding hydrogens is 460 g/mol. The van der Waals surface area contributed by atoms with Crippen molar-refractivity contribution in [3.8, 4) is 0 Å². The number of unbranched alkanes of at least 4 members (excludes halogenated alkanes) is 1. The van der Waals surface area contributed by atoms with Crippen molar-refractivity contribution in [2.75, 3.05) is 24.2 Å². The lowest BCUT2D eigenvalue weighted by Gasteiger charge is -2.17. The Kier molecular flexibility index (Phi) is 11.5. The quantitative estimate of drug-likeness (QED) is 0.199. The van der Waals surface area contributed by atoms with Gasteiger partial charge in [0, 0.05) is 42.9 Å². The Morgan fingerprint density at radius 1 is 1.00 bits per heavy atom. The highest BCUT2D eigenvalue weighted by Gasteiger charge is 2.11. The van der Waals surface area contributed by atoms with Gasteiger partial charge in [0.1, 0.15) is 0 Å². The number of hydrogen-bond donors (Lipinski definition) is 2. The smallest absolute Gasteiger partial charge is 0.312 e. The molecule has 0 radical (unpaired) electrons. The van der Waals surface area contributed by atoms with Crippen LogP contribution in [-0.2, 0) is 0 Å². The monoisotopic (exact) mass is 495 g/mol. The molecule has 8 heteroatoms. The van der Waals surface area contributed by atoms with E-state index >= 15 is 0 Å². The third kappa shape index (κ3) is 9.09. The molecule has 0 aliphatic carbocycles. The summed E-state index contributed by atoms with van der Waals surface area (Å²) in [6.45, 7) is 5.84. The zero-order valence-electron chi connectivity index (χ0n) is 21.6. The number of halogens is 2. The number of hydrogen-bond acceptors (Lipinski definition) is 4. The Balaban J connectivity index is 2.15. The molecule has 0 aliphatic heterocycles. The first-order chi connectivity index (χ1) is 17.2. The number of aliphatic imine (C=N–C) groups is 2. The Bertz CT molecular complexity index is 1100. The minimum atomic E-state index is -2.61. The number of amidine groups is 1. The van der Waals surface area contributed by atoms with Gasteiger partial charge < -0.3 is 15.5 Å². The fraction of sp³-hybridized carbons (Fsp3) is 0.321. The van der Waals surface area contributed by atoms with Crippen LogP contribution in [-0.4, -0.2) is 42.5 Å². The first-order valence-corrected chi connectivity index (χ1v) is 11.9. The van der Waals surface area contributed by atoms with E-state index in [0.29, 0.717) is 22.8 Å². The third-order valence-corrected chi connectivity index (χ3v) is 5.35. The van der Waals surface area contributed by atoms with Gasteiger partial charge in [0.2, 0.25) is 0 Å². The minimum absolute atomic E-state index is 0.00539. The van der Waals surface area contributed by atoms with Crippen LogP contribution >= 0.6 is 0 Å². The zero-order chi connectivity index (χ0) is 26.5. The fourth-order valence-corrected chi connectivity index (χ4v) is 3.20. The molecule has 192 valence electrons. The number of alkyl halides is 2. The van der Waals surface area contributed by atoms with E-state index in [1.807, 2.05) is 46.0 Å². The maximum absolute atomic E-state index is 12.6. The van der Waals surface area contributed by atoms with Crippen LogP contribution in [0.3, 0.4) is 0 Å². The molecule has 36 heavy (non-hydrogen) atoms. The lowest BCUT2D eigenvalue weighted by atomic mass is 10.1. The molecule has 2 rings (SSSR count). The van der Waals surface area contributed by atoms with Crippen LogP contribution in [0.2, 0.25) is 0 Å². The van der Waals surface area contributed by atoms with Crippen LogP contribution in [0.5, 0.6) is 0 Å². The first-order valence-electron chi connectivity index (χ1n) is 11.9. The normalized spacial score (nSPS) is 12.8. The molecule has 0 spiro atoms. The standard InChI is InChI=1S/C28H35F2N5O/c1-6-8-18-35(5)27(36)23-11-15-24(16-12-23)33-26(31-17-7-2)21(4)32-19-20(3)22-9-13-25(14-10-22)34-28(29)30/h7,9-17,19,28,34H,6,8,18H2,1-5H3,(H,31,33)/b17-7-,20-19+,32-21+. The van der Waals surface area contributed by atoms with Crippen molar-refractivity contribution in [2.24, 2.45) is 9.98 Å². The molecule has 0 saturated heterocycles. The van der Waals surface area contributed by atoms with Gasteiger partial charge in [-0.25, -0.2) is 4.99 Å². The van der Waals surface area contributed by atoms with E-state index in [1.54, 1.807) is 53.7 Å². The summed E-state index contributed by atoms with van der Waals surface area (Å²) >= 11 is 0. The van der Waals surface area contributed by atoms with Crippen molar-refractivity contribution in [2.45, 2.75) is 47.1 Å². The molecule has 0 fully saturated rings. The van der Waals surface area contributed by atoms with Gasteiger partial charge in [-0.1, -0.05) is 31.6 Å². The molecule has 6 nitrogen and oxygen atoms in total. The van der Waals surface area contributed by atoms with Crippen molar-refractivity contribution in [3.63, 3.8) is 0 Å². The van der Waals surface area contributed by atoms with E-state index in [2.05, 4.69) is 27.5 Å². The molecule has 0 saturated carbocycles. The van der Waals surface area contributed by atoms with Crippen LogP contribution in [0.15, 0.2) is 77.0 Å². The first kappa shape index (κ1) is 28.4. The van der Waals surface area contributed by atoms with Crippen molar-refractivity contribution >= 4 is 34.4 Å².